The Morgan fingerprint density at radius 2 is 1.75 bits per heavy atom. The normalized spacial score (nSPS) is 17.3. The van der Waals surface area contributed by atoms with Crippen LogP contribution in [0.5, 0.6) is 0 Å². The number of hydrogen-bond donors (Lipinski definition) is 1. The van der Waals surface area contributed by atoms with E-state index >= 15 is 0 Å². The molecule has 0 saturated carbocycles. The third-order valence-corrected chi connectivity index (χ3v) is 4.56. The topological polar surface area (TPSA) is 60.9 Å². The molecule has 5 heteroatoms. The first-order valence-corrected chi connectivity index (χ1v) is 8.95. The number of nitrogens with zero attached hydrogens (tertiary/aromatic N) is 2. The molecule has 1 unspecified atom stereocenters. The average Bonchev–Trinajstić information content (AvgIpc) is 2.97. The zero-order valence-electron chi connectivity index (χ0n) is 14.7. The summed E-state index contributed by atoms with van der Waals surface area (Å²) in [5.74, 6) is -1.60. The first kappa shape index (κ1) is 18.3. The minimum atomic E-state index is -0.896. The molecule has 1 heterocycles. The Balaban J connectivity index is 2.08. The smallest absolute Gasteiger partial charge is 0.308 e. The molecule has 0 aliphatic carbocycles. The summed E-state index contributed by atoms with van der Waals surface area (Å²) in [7, 11) is 0. The minimum absolute atomic E-state index is 0.0935. The maximum absolute atomic E-state index is 12.0. The van der Waals surface area contributed by atoms with Gasteiger partial charge in [0, 0.05) is 37.4 Å². The van der Waals surface area contributed by atoms with E-state index in [1.54, 1.807) is 4.90 Å². The van der Waals surface area contributed by atoms with Crippen molar-refractivity contribution < 1.29 is 14.7 Å². The fourth-order valence-corrected chi connectivity index (χ4v) is 3.03. The number of unbranched alkanes of at least 4 members (excludes halogenated alkanes) is 2. The van der Waals surface area contributed by atoms with Crippen molar-refractivity contribution in [2.45, 2.75) is 46.0 Å². The molecule has 5 nitrogen and oxygen atoms in total. The lowest BCUT2D eigenvalue weighted by Crippen LogP contribution is -2.27. The van der Waals surface area contributed by atoms with Gasteiger partial charge in [-0.1, -0.05) is 26.7 Å². The van der Waals surface area contributed by atoms with Crippen molar-refractivity contribution in [2.75, 3.05) is 29.4 Å². The fraction of sp³-hybridized carbons (Fsp3) is 0.579. The van der Waals surface area contributed by atoms with Gasteiger partial charge >= 0.3 is 5.97 Å². The quantitative estimate of drug-likeness (QED) is 0.751. The first-order valence-electron chi connectivity index (χ1n) is 8.95. The molecule has 1 aliphatic rings. The molecule has 132 valence electrons. The molecule has 1 saturated heterocycles. The summed E-state index contributed by atoms with van der Waals surface area (Å²) < 4.78 is 0. The van der Waals surface area contributed by atoms with Gasteiger partial charge in [-0.15, -0.1) is 0 Å². The molecule has 0 radical (unpaired) electrons. The number of carbonyl (C=O) groups is 2. The monoisotopic (exact) mass is 332 g/mol. The van der Waals surface area contributed by atoms with Crippen LogP contribution in [-0.2, 0) is 9.59 Å². The van der Waals surface area contributed by atoms with Crippen LogP contribution in [0.1, 0.15) is 46.0 Å². The van der Waals surface area contributed by atoms with Crippen molar-refractivity contribution in [2.24, 2.45) is 5.92 Å². The highest BCUT2D eigenvalue weighted by Crippen LogP contribution is 2.27. The first-order chi connectivity index (χ1) is 11.6. The summed E-state index contributed by atoms with van der Waals surface area (Å²) >= 11 is 0. The molecule has 0 spiro atoms. The van der Waals surface area contributed by atoms with Gasteiger partial charge in [-0.2, -0.15) is 0 Å². The van der Waals surface area contributed by atoms with E-state index < -0.39 is 11.9 Å². The number of rotatable bonds is 9. The molecule has 1 aromatic rings. The van der Waals surface area contributed by atoms with Gasteiger partial charge in [-0.3, -0.25) is 9.59 Å². The summed E-state index contributed by atoms with van der Waals surface area (Å²) in [6.45, 7) is 6.74. The number of anilines is 2. The number of carboxylic acids is 1. The highest BCUT2D eigenvalue weighted by Gasteiger charge is 2.34. The molecule has 1 N–H and O–H groups in total. The summed E-state index contributed by atoms with van der Waals surface area (Å²) in [5.41, 5.74) is 1.96. The van der Waals surface area contributed by atoms with Crippen molar-refractivity contribution in [1.82, 2.24) is 0 Å². The second-order valence-corrected chi connectivity index (χ2v) is 6.45. The molecular formula is C19H28N2O3. The van der Waals surface area contributed by atoms with Crippen molar-refractivity contribution in [3.05, 3.63) is 24.3 Å². The Morgan fingerprint density at radius 3 is 2.21 bits per heavy atom. The van der Waals surface area contributed by atoms with Crippen LogP contribution in [0.4, 0.5) is 11.4 Å². The molecular weight excluding hydrogens is 304 g/mol. The van der Waals surface area contributed by atoms with Crippen molar-refractivity contribution in [3.8, 4) is 0 Å². The van der Waals surface area contributed by atoms with Crippen LogP contribution in [0.2, 0.25) is 0 Å². The minimum Gasteiger partial charge on any atom is -0.481 e. The van der Waals surface area contributed by atoms with Crippen LogP contribution in [-0.4, -0.2) is 36.6 Å². The standard InChI is InChI=1S/C19H28N2O3/c1-3-5-11-20(12-6-4-2)16-7-9-17(10-8-16)21-14-15(19(23)24)13-18(21)22/h7-10,15H,3-6,11-14H2,1-2H3,(H,23,24). The molecule has 1 fully saturated rings. The van der Waals surface area contributed by atoms with Gasteiger partial charge < -0.3 is 14.9 Å². The highest BCUT2D eigenvalue weighted by molar-refractivity contribution is 5.99. The third-order valence-electron chi connectivity index (χ3n) is 4.56. The van der Waals surface area contributed by atoms with Crippen LogP contribution in [0.3, 0.4) is 0 Å². The maximum atomic E-state index is 12.0. The Labute approximate surface area is 144 Å². The van der Waals surface area contributed by atoms with Crippen molar-refractivity contribution in [1.29, 1.82) is 0 Å². The number of amides is 1. The molecule has 1 aliphatic heterocycles. The lowest BCUT2D eigenvalue weighted by molar-refractivity contribution is -0.141. The molecule has 24 heavy (non-hydrogen) atoms. The van der Waals surface area contributed by atoms with Crippen LogP contribution < -0.4 is 9.80 Å². The summed E-state index contributed by atoms with van der Waals surface area (Å²) in [6.07, 6.45) is 4.75. The van der Waals surface area contributed by atoms with Gasteiger partial charge in [-0.25, -0.2) is 0 Å². The fourth-order valence-electron chi connectivity index (χ4n) is 3.03. The maximum Gasteiger partial charge on any atom is 0.308 e. The SMILES string of the molecule is CCCCN(CCCC)c1ccc(N2CC(C(=O)O)CC2=O)cc1. The van der Waals surface area contributed by atoms with Crippen LogP contribution in [0.25, 0.3) is 0 Å². The van der Waals surface area contributed by atoms with E-state index in [1.807, 2.05) is 24.3 Å². The average molecular weight is 332 g/mol. The summed E-state index contributed by atoms with van der Waals surface area (Å²) in [5, 5.41) is 9.09. The van der Waals surface area contributed by atoms with Gasteiger partial charge in [0.1, 0.15) is 0 Å². The Morgan fingerprint density at radius 1 is 1.17 bits per heavy atom. The lowest BCUT2D eigenvalue weighted by atomic mass is 10.1. The summed E-state index contributed by atoms with van der Waals surface area (Å²) in [6, 6.07) is 7.95. The largest absolute Gasteiger partial charge is 0.481 e. The molecule has 1 amide bonds. The zero-order valence-corrected chi connectivity index (χ0v) is 14.7. The van der Waals surface area contributed by atoms with E-state index in [0.29, 0.717) is 0 Å². The zero-order chi connectivity index (χ0) is 17.5. The highest BCUT2D eigenvalue weighted by atomic mass is 16.4. The van der Waals surface area contributed by atoms with Gasteiger partial charge in [0.15, 0.2) is 0 Å². The predicted octanol–water partition coefficient (Wildman–Crippen LogP) is 3.53. The predicted molar refractivity (Wildman–Crippen MR) is 96.6 cm³/mol. The van der Waals surface area contributed by atoms with E-state index in [9.17, 15) is 9.59 Å². The van der Waals surface area contributed by atoms with Gasteiger partial charge in [-0.05, 0) is 37.1 Å². The lowest BCUT2D eigenvalue weighted by Gasteiger charge is -2.25. The van der Waals surface area contributed by atoms with Crippen LogP contribution >= 0.6 is 0 Å². The third kappa shape index (κ3) is 4.49. The molecule has 1 atom stereocenters. The van der Waals surface area contributed by atoms with Crippen molar-refractivity contribution in [3.63, 3.8) is 0 Å². The van der Waals surface area contributed by atoms with Gasteiger partial charge in [0.05, 0.1) is 5.92 Å². The Kier molecular flexibility index (Phi) is 6.64. The van der Waals surface area contributed by atoms with Gasteiger partial charge in [0.25, 0.3) is 0 Å². The number of carboxylic acid groups (broad SMARTS) is 1. The summed E-state index contributed by atoms with van der Waals surface area (Å²) in [4.78, 5) is 27.1. The van der Waals surface area contributed by atoms with Crippen LogP contribution in [0, 0.1) is 5.92 Å². The Bertz CT molecular complexity index is 548. The van der Waals surface area contributed by atoms with E-state index in [0.717, 1.165) is 31.6 Å². The second-order valence-electron chi connectivity index (χ2n) is 6.45. The molecule has 2 rings (SSSR count). The van der Waals surface area contributed by atoms with E-state index in [-0.39, 0.29) is 18.9 Å². The molecule has 1 aromatic carbocycles. The van der Waals surface area contributed by atoms with E-state index in [1.165, 1.54) is 18.5 Å². The number of aliphatic carboxylic acids is 1. The van der Waals surface area contributed by atoms with Crippen LogP contribution in [0.15, 0.2) is 24.3 Å². The van der Waals surface area contributed by atoms with Gasteiger partial charge in [0.2, 0.25) is 5.91 Å². The van der Waals surface area contributed by atoms with E-state index in [4.69, 9.17) is 5.11 Å². The number of carbonyl (C=O) groups excluding carboxylic acids is 1. The molecule has 0 bridgehead atoms. The van der Waals surface area contributed by atoms with E-state index in [2.05, 4.69) is 18.7 Å². The number of hydrogen-bond acceptors (Lipinski definition) is 3. The number of benzene rings is 1. The molecule has 0 aromatic heterocycles. The second kappa shape index (κ2) is 8.71. The van der Waals surface area contributed by atoms with Crippen molar-refractivity contribution >= 4 is 23.3 Å². The Hall–Kier alpha value is -2.04.